The first-order valence-electron chi connectivity index (χ1n) is 0.144. The van der Waals surface area contributed by atoms with E-state index in [1.807, 2.05) is 0 Å². The minimum absolute atomic E-state index is 0. The van der Waals surface area contributed by atoms with E-state index in [1.54, 1.807) is 0 Å². The Labute approximate surface area is 71.5 Å². The van der Waals surface area contributed by atoms with Crippen LogP contribution in [0.5, 0.6) is 0 Å². The van der Waals surface area contributed by atoms with Crippen LogP contribution in [0.1, 0.15) is 0 Å². The molecule has 46 valence electrons. The van der Waals surface area contributed by atoms with Gasteiger partial charge in [0.1, 0.15) is 0 Å². The summed E-state index contributed by atoms with van der Waals surface area (Å²) in [5.41, 5.74) is 0. The van der Waals surface area contributed by atoms with Crippen molar-refractivity contribution in [2.24, 2.45) is 0 Å². The predicted octanol–water partition coefficient (Wildman–Crippen LogP) is 1.57. The Hall–Kier alpha value is 1.60. The molecule has 0 aliphatic heterocycles. The summed E-state index contributed by atoms with van der Waals surface area (Å²) in [4.78, 5) is 0. The Balaban J connectivity index is -0.000000000833. The summed E-state index contributed by atoms with van der Waals surface area (Å²) in [6.45, 7) is 0. The Bertz CT molecular complexity index is 7.51. The Morgan fingerprint density at radius 2 is 0.667 bits per heavy atom. The summed E-state index contributed by atoms with van der Waals surface area (Å²) in [6, 6.07) is 0. The molecule has 0 aromatic rings. The van der Waals surface area contributed by atoms with E-state index >= 15 is 0 Å². The van der Waals surface area contributed by atoms with Crippen LogP contribution in [0.2, 0.25) is 0 Å². The maximum atomic E-state index is 8.28. The van der Waals surface area contributed by atoms with Gasteiger partial charge in [0, 0.05) is 0 Å². The summed E-state index contributed by atoms with van der Waals surface area (Å²) in [5.74, 6) is 0. The molecule has 6 heteroatoms. The van der Waals surface area contributed by atoms with Crippen LogP contribution < -0.4 is 0 Å². The van der Waals surface area contributed by atoms with Crippen LogP contribution in [0.25, 0.3) is 0 Å². The van der Waals surface area contributed by atoms with Gasteiger partial charge in [-0.25, -0.2) is 0 Å². The molecular weight excluding hydrogens is 348 g/mol. The van der Waals surface area contributed by atoms with Gasteiger partial charge in [-0.3, -0.25) is 0 Å². The van der Waals surface area contributed by atoms with Crippen molar-refractivity contribution in [2.75, 3.05) is 0 Å². The van der Waals surface area contributed by atoms with Crippen LogP contribution in [-0.2, 0) is 22.1 Å². The molecule has 1 nitrogen and oxygen atoms in total. The molecule has 0 atom stereocenters. The van der Waals surface area contributed by atoms with Crippen LogP contribution in [0.3, 0.4) is 0 Å². The topological polar surface area (TPSA) is 17.1 Å². The van der Waals surface area contributed by atoms with Crippen LogP contribution in [0, 0.1) is 0 Å². The Morgan fingerprint density at radius 1 is 0.667 bits per heavy atom. The fourth-order valence-electron chi connectivity index (χ4n) is 0. The van der Waals surface area contributed by atoms with Crippen LogP contribution >= 0.6 is 49.6 Å². The third-order valence-electron chi connectivity index (χ3n) is 0. The van der Waals surface area contributed by atoms with Crippen LogP contribution in [0.4, 0.5) is 0 Å². The van der Waals surface area contributed by atoms with Crippen molar-refractivity contribution in [3.63, 3.8) is 0 Å². The second-order valence-electron chi connectivity index (χ2n) is 0. The van der Waals surface area contributed by atoms with Gasteiger partial charge >= 0.3 is 22.1 Å². The molecule has 0 rings (SSSR count). The van der Waals surface area contributed by atoms with E-state index in [4.69, 9.17) is 3.54 Å². The molecule has 0 radical (unpaired) electrons. The molecule has 0 amide bonds. The van der Waals surface area contributed by atoms with Gasteiger partial charge in [0.15, 0.2) is 0 Å². The molecule has 0 aliphatic carbocycles. The average molecular weight is 352 g/mol. The SMILES string of the molecule is Cl.Cl.Cl.Cl.[O]=[Os]. The molecule has 0 heterocycles. The fraction of sp³-hybridized carbons (Fsp3) is 0. The normalized spacial score (nSPS) is 0.833. The monoisotopic (exact) mass is 352 g/mol. The molecule has 0 aliphatic rings. The standard InChI is InChI=1S/4ClH.O.Os/h4*1H;;. The summed E-state index contributed by atoms with van der Waals surface area (Å²) in [6.07, 6.45) is 0. The summed E-state index contributed by atoms with van der Waals surface area (Å²) < 4.78 is 8.28. The molecular formula is H4Cl4OOs. The van der Waals surface area contributed by atoms with Gasteiger partial charge in [-0.1, -0.05) is 0 Å². The van der Waals surface area contributed by atoms with E-state index in [1.165, 1.54) is 0 Å². The van der Waals surface area contributed by atoms with Gasteiger partial charge in [-0.05, 0) is 0 Å². The van der Waals surface area contributed by atoms with E-state index < -0.39 is 0 Å². The first-order valence-corrected chi connectivity index (χ1v) is 1.18. The number of halogens is 4. The average Bonchev–Trinajstić information content (AvgIpc) is 1.00. The first-order chi connectivity index (χ1) is 1.00. The molecule has 0 unspecified atom stereocenters. The molecule has 6 heavy (non-hydrogen) atoms. The molecule has 0 aromatic carbocycles. The molecule has 0 aromatic heterocycles. The molecule has 0 saturated heterocycles. The van der Waals surface area contributed by atoms with E-state index in [-0.39, 0.29) is 49.6 Å². The van der Waals surface area contributed by atoms with E-state index in [0.29, 0.717) is 18.6 Å². The van der Waals surface area contributed by atoms with Crippen molar-refractivity contribution in [3.05, 3.63) is 0 Å². The van der Waals surface area contributed by atoms with Crippen molar-refractivity contribution in [3.8, 4) is 0 Å². The van der Waals surface area contributed by atoms with E-state index in [0.717, 1.165) is 0 Å². The zero-order valence-electron chi connectivity index (χ0n) is 2.39. The third kappa shape index (κ3) is 46.4. The van der Waals surface area contributed by atoms with Crippen molar-refractivity contribution < 1.29 is 22.1 Å². The Kier molecular flexibility index (Phi) is 662. The minimum atomic E-state index is 0. The molecule has 0 fully saturated rings. The Morgan fingerprint density at radius 3 is 0.667 bits per heavy atom. The second-order valence-corrected chi connectivity index (χ2v) is 0. The van der Waals surface area contributed by atoms with Crippen molar-refractivity contribution in [2.45, 2.75) is 0 Å². The van der Waals surface area contributed by atoms with E-state index in [2.05, 4.69) is 0 Å². The van der Waals surface area contributed by atoms with Crippen molar-refractivity contribution in [1.29, 1.82) is 0 Å². The molecule has 0 bridgehead atoms. The molecule has 0 N–H and O–H groups in total. The number of hydrogen-bond donors (Lipinski definition) is 0. The number of hydrogen-bond acceptors (Lipinski definition) is 1. The summed E-state index contributed by atoms with van der Waals surface area (Å²) in [7, 11) is 0. The van der Waals surface area contributed by atoms with Gasteiger partial charge in [0.2, 0.25) is 0 Å². The van der Waals surface area contributed by atoms with Gasteiger partial charge in [0.25, 0.3) is 0 Å². The predicted molar refractivity (Wildman–Crippen MR) is 29.7 cm³/mol. The fourth-order valence-corrected chi connectivity index (χ4v) is 0. The van der Waals surface area contributed by atoms with Crippen molar-refractivity contribution in [1.82, 2.24) is 0 Å². The van der Waals surface area contributed by atoms with Gasteiger partial charge < -0.3 is 0 Å². The van der Waals surface area contributed by atoms with E-state index in [9.17, 15) is 0 Å². The molecule has 0 spiro atoms. The molecule has 0 saturated carbocycles. The third-order valence-corrected chi connectivity index (χ3v) is 0. The van der Waals surface area contributed by atoms with Crippen LogP contribution in [0.15, 0.2) is 0 Å². The number of rotatable bonds is 0. The van der Waals surface area contributed by atoms with Crippen molar-refractivity contribution >= 4 is 49.6 Å². The second kappa shape index (κ2) is 81.1. The maximum absolute atomic E-state index is 8.28. The zero-order chi connectivity index (χ0) is 2.00. The quantitative estimate of drug-likeness (QED) is 0.647. The van der Waals surface area contributed by atoms with Gasteiger partial charge in [0.05, 0.1) is 0 Å². The first kappa shape index (κ1) is 49.0. The summed E-state index contributed by atoms with van der Waals surface area (Å²) in [5, 5.41) is 0. The zero-order valence-corrected chi connectivity index (χ0v) is 8.20. The summed E-state index contributed by atoms with van der Waals surface area (Å²) >= 11 is 0.611. The van der Waals surface area contributed by atoms with Gasteiger partial charge in [-0.2, -0.15) is 0 Å². The van der Waals surface area contributed by atoms with Crippen LogP contribution in [-0.4, -0.2) is 0 Å². The van der Waals surface area contributed by atoms with Gasteiger partial charge in [-0.15, -0.1) is 49.6 Å².